The minimum Gasteiger partial charge on any atom is -0.298 e. The standard InChI is InChI=1S/C12H12FN3O2S/c1-7(2)16-11(18)14-15-12(16)19-10-4-3-8(6-17)5-9(10)13/h3-7H,1-2H3,(H,14,18). The molecule has 0 fully saturated rings. The fourth-order valence-electron chi connectivity index (χ4n) is 1.59. The molecule has 100 valence electrons. The van der Waals surface area contributed by atoms with E-state index in [4.69, 9.17) is 0 Å². The predicted molar refractivity (Wildman–Crippen MR) is 69.1 cm³/mol. The highest BCUT2D eigenvalue weighted by Crippen LogP contribution is 2.29. The Morgan fingerprint density at radius 1 is 1.47 bits per heavy atom. The van der Waals surface area contributed by atoms with Crippen LogP contribution in [0.3, 0.4) is 0 Å². The third-order valence-electron chi connectivity index (χ3n) is 2.48. The molecule has 0 saturated carbocycles. The molecular weight excluding hydrogens is 269 g/mol. The maximum atomic E-state index is 13.8. The van der Waals surface area contributed by atoms with Gasteiger partial charge in [0.25, 0.3) is 0 Å². The molecule has 0 amide bonds. The molecule has 2 rings (SSSR count). The van der Waals surface area contributed by atoms with Crippen LogP contribution in [-0.2, 0) is 0 Å². The van der Waals surface area contributed by atoms with Crippen LogP contribution >= 0.6 is 11.8 Å². The molecule has 0 aliphatic carbocycles. The summed E-state index contributed by atoms with van der Waals surface area (Å²) in [4.78, 5) is 22.4. The second-order valence-corrected chi connectivity index (χ2v) is 5.19. The molecule has 7 heteroatoms. The minimum atomic E-state index is -0.514. The van der Waals surface area contributed by atoms with Gasteiger partial charge in [0.15, 0.2) is 5.16 Å². The molecule has 0 atom stereocenters. The zero-order valence-electron chi connectivity index (χ0n) is 10.4. The number of aromatic nitrogens is 3. The van der Waals surface area contributed by atoms with E-state index in [2.05, 4.69) is 10.2 Å². The minimum absolute atomic E-state index is 0.0777. The Kier molecular flexibility index (Phi) is 3.84. The number of aldehydes is 1. The lowest BCUT2D eigenvalue weighted by Crippen LogP contribution is -2.19. The number of nitrogens with zero attached hydrogens (tertiary/aromatic N) is 2. The number of H-pyrrole nitrogens is 1. The second-order valence-electron chi connectivity index (χ2n) is 4.18. The van der Waals surface area contributed by atoms with Crippen LogP contribution in [0.15, 0.2) is 33.0 Å². The van der Waals surface area contributed by atoms with Crippen LogP contribution in [0, 0.1) is 5.82 Å². The van der Waals surface area contributed by atoms with Crippen LogP contribution in [0.4, 0.5) is 4.39 Å². The summed E-state index contributed by atoms with van der Waals surface area (Å²) in [6, 6.07) is 4.09. The topological polar surface area (TPSA) is 67.8 Å². The number of nitrogens with one attached hydrogen (secondary N) is 1. The molecule has 1 aromatic heterocycles. The van der Waals surface area contributed by atoms with Gasteiger partial charge in [0.1, 0.15) is 12.1 Å². The molecule has 0 saturated heterocycles. The lowest BCUT2D eigenvalue weighted by Gasteiger charge is -2.08. The first-order valence-corrected chi connectivity index (χ1v) is 6.44. The molecule has 0 aliphatic rings. The number of rotatable bonds is 4. The fraction of sp³-hybridized carbons (Fsp3) is 0.250. The van der Waals surface area contributed by atoms with Crippen molar-refractivity contribution in [3.05, 3.63) is 40.1 Å². The Morgan fingerprint density at radius 3 is 2.79 bits per heavy atom. The smallest absolute Gasteiger partial charge is 0.298 e. The molecule has 0 unspecified atom stereocenters. The Balaban J connectivity index is 2.36. The van der Waals surface area contributed by atoms with Crippen LogP contribution in [0.5, 0.6) is 0 Å². The summed E-state index contributed by atoms with van der Waals surface area (Å²) >= 11 is 1.04. The van der Waals surface area contributed by atoms with Crippen molar-refractivity contribution in [3.63, 3.8) is 0 Å². The van der Waals surface area contributed by atoms with Gasteiger partial charge in [-0.25, -0.2) is 14.3 Å². The van der Waals surface area contributed by atoms with Crippen molar-refractivity contribution in [2.75, 3.05) is 0 Å². The largest absolute Gasteiger partial charge is 0.344 e. The number of halogens is 1. The van der Waals surface area contributed by atoms with Crippen LogP contribution in [0.1, 0.15) is 30.2 Å². The van der Waals surface area contributed by atoms with Gasteiger partial charge in [-0.1, -0.05) is 6.07 Å². The number of carbonyl (C=O) groups excluding carboxylic acids is 1. The van der Waals surface area contributed by atoms with Crippen molar-refractivity contribution in [1.29, 1.82) is 0 Å². The third-order valence-corrected chi connectivity index (χ3v) is 3.50. The van der Waals surface area contributed by atoms with E-state index in [1.165, 1.54) is 16.7 Å². The highest BCUT2D eigenvalue weighted by atomic mass is 32.2. The summed E-state index contributed by atoms with van der Waals surface area (Å²) in [5.74, 6) is -0.514. The molecular formula is C12H12FN3O2S. The summed E-state index contributed by atoms with van der Waals surface area (Å²) in [6.45, 7) is 3.68. The second kappa shape index (κ2) is 5.40. The van der Waals surface area contributed by atoms with E-state index in [1.807, 2.05) is 13.8 Å². The number of carbonyl (C=O) groups is 1. The van der Waals surface area contributed by atoms with Gasteiger partial charge in [-0.15, -0.1) is 5.10 Å². The zero-order chi connectivity index (χ0) is 14.0. The van der Waals surface area contributed by atoms with Gasteiger partial charge >= 0.3 is 5.69 Å². The van der Waals surface area contributed by atoms with E-state index in [-0.39, 0.29) is 17.3 Å². The molecule has 0 aliphatic heterocycles. The van der Waals surface area contributed by atoms with Gasteiger partial charge < -0.3 is 0 Å². The monoisotopic (exact) mass is 281 g/mol. The average molecular weight is 281 g/mol. The van der Waals surface area contributed by atoms with Crippen LogP contribution in [0.2, 0.25) is 0 Å². The molecule has 2 aromatic rings. The first kappa shape index (κ1) is 13.5. The molecule has 1 N–H and O–H groups in total. The van der Waals surface area contributed by atoms with Gasteiger partial charge in [0.2, 0.25) is 0 Å². The first-order valence-electron chi connectivity index (χ1n) is 5.62. The van der Waals surface area contributed by atoms with E-state index >= 15 is 0 Å². The fourth-order valence-corrected chi connectivity index (χ4v) is 2.56. The van der Waals surface area contributed by atoms with Crippen molar-refractivity contribution in [2.45, 2.75) is 29.9 Å². The van der Waals surface area contributed by atoms with Crippen LogP contribution in [0.25, 0.3) is 0 Å². The lowest BCUT2D eigenvalue weighted by molar-refractivity contribution is 0.112. The summed E-state index contributed by atoms with van der Waals surface area (Å²) in [7, 11) is 0. The van der Waals surface area contributed by atoms with Crippen molar-refractivity contribution in [3.8, 4) is 0 Å². The van der Waals surface area contributed by atoms with Gasteiger partial charge in [0.05, 0.1) is 4.90 Å². The normalized spacial score (nSPS) is 10.9. The van der Waals surface area contributed by atoms with E-state index < -0.39 is 5.82 Å². The van der Waals surface area contributed by atoms with Gasteiger partial charge in [0, 0.05) is 11.6 Å². The maximum absolute atomic E-state index is 13.8. The summed E-state index contributed by atoms with van der Waals surface area (Å²) in [5, 5.41) is 6.59. The van der Waals surface area contributed by atoms with Gasteiger partial charge in [-0.2, -0.15) is 0 Å². The number of benzene rings is 1. The van der Waals surface area contributed by atoms with Crippen molar-refractivity contribution < 1.29 is 9.18 Å². The van der Waals surface area contributed by atoms with Crippen molar-refractivity contribution in [1.82, 2.24) is 14.8 Å². The van der Waals surface area contributed by atoms with Crippen LogP contribution < -0.4 is 5.69 Å². The molecule has 5 nitrogen and oxygen atoms in total. The summed E-state index contributed by atoms with van der Waals surface area (Å²) in [5.41, 5.74) is -0.0625. The zero-order valence-corrected chi connectivity index (χ0v) is 11.2. The number of hydrogen-bond donors (Lipinski definition) is 1. The average Bonchev–Trinajstić information content (AvgIpc) is 2.73. The number of aromatic amines is 1. The highest BCUT2D eigenvalue weighted by molar-refractivity contribution is 7.99. The highest BCUT2D eigenvalue weighted by Gasteiger charge is 2.14. The Bertz CT molecular complexity index is 663. The SMILES string of the molecule is CC(C)n1c(Sc2ccc(C=O)cc2F)n[nH]c1=O. The Morgan fingerprint density at radius 2 is 2.21 bits per heavy atom. The molecule has 1 aromatic carbocycles. The maximum Gasteiger partial charge on any atom is 0.344 e. The molecule has 0 radical (unpaired) electrons. The van der Waals surface area contributed by atoms with Crippen LogP contribution in [-0.4, -0.2) is 21.1 Å². The predicted octanol–water partition coefficient (Wildman–Crippen LogP) is 2.26. The molecule has 0 spiro atoms. The molecule has 0 bridgehead atoms. The van der Waals surface area contributed by atoms with Crippen molar-refractivity contribution in [2.24, 2.45) is 0 Å². The van der Waals surface area contributed by atoms with Gasteiger partial charge in [-0.3, -0.25) is 9.36 Å². The molecule has 19 heavy (non-hydrogen) atoms. The summed E-state index contributed by atoms with van der Waals surface area (Å²) < 4.78 is 15.2. The van der Waals surface area contributed by atoms with E-state index in [0.717, 1.165) is 17.8 Å². The van der Waals surface area contributed by atoms with Gasteiger partial charge in [-0.05, 0) is 37.7 Å². The third kappa shape index (κ3) is 2.76. The Hall–Kier alpha value is -1.89. The van der Waals surface area contributed by atoms with E-state index in [9.17, 15) is 14.0 Å². The lowest BCUT2D eigenvalue weighted by atomic mass is 10.2. The van der Waals surface area contributed by atoms with Crippen molar-refractivity contribution >= 4 is 18.0 Å². The summed E-state index contributed by atoms with van der Waals surface area (Å²) in [6.07, 6.45) is 0.579. The van der Waals surface area contributed by atoms with E-state index in [0.29, 0.717) is 16.3 Å². The Labute approximate surface area is 112 Å². The quantitative estimate of drug-likeness (QED) is 0.873. The van der Waals surface area contributed by atoms with E-state index in [1.54, 1.807) is 0 Å². The first-order chi connectivity index (χ1) is 9.02. The molecule has 1 heterocycles. The number of hydrogen-bond acceptors (Lipinski definition) is 4.